The molecule has 0 radical (unpaired) electrons. The second-order valence-electron chi connectivity index (χ2n) is 4.72. The summed E-state index contributed by atoms with van der Waals surface area (Å²) in [6.07, 6.45) is 1.98. The molecule has 0 aliphatic carbocycles. The maximum atomic E-state index is 11.5. The van der Waals surface area contributed by atoms with Crippen molar-refractivity contribution in [3.63, 3.8) is 0 Å². The molecule has 0 N–H and O–H groups in total. The van der Waals surface area contributed by atoms with Crippen LogP contribution in [0.5, 0.6) is 0 Å². The first-order valence-electron chi connectivity index (χ1n) is 6.23. The maximum Gasteiger partial charge on any atom is 0.309 e. The Labute approximate surface area is 113 Å². The first-order chi connectivity index (χ1) is 8.69. The summed E-state index contributed by atoms with van der Waals surface area (Å²) in [6.45, 7) is 2.69. The van der Waals surface area contributed by atoms with Gasteiger partial charge >= 0.3 is 5.97 Å². The van der Waals surface area contributed by atoms with Gasteiger partial charge in [-0.3, -0.25) is 9.69 Å². The van der Waals surface area contributed by atoms with Gasteiger partial charge in [0.1, 0.15) is 0 Å². The Morgan fingerprint density at radius 3 is 2.83 bits per heavy atom. The summed E-state index contributed by atoms with van der Waals surface area (Å²) >= 11 is 5.86. The summed E-state index contributed by atoms with van der Waals surface area (Å²) in [5, 5.41) is 0.754. The lowest BCUT2D eigenvalue weighted by Crippen LogP contribution is -2.38. The molecule has 0 saturated carbocycles. The largest absolute Gasteiger partial charge is 0.469 e. The zero-order valence-electron chi connectivity index (χ0n) is 10.6. The number of piperidine rings is 1. The average Bonchev–Trinajstić information content (AvgIpc) is 2.41. The number of methoxy groups -OCH3 is 1. The Morgan fingerprint density at radius 2 is 2.17 bits per heavy atom. The third-order valence-corrected chi connectivity index (χ3v) is 3.61. The zero-order chi connectivity index (χ0) is 13.0. The Morgan fingerprint density at radius 1 is 1.44 bits per heavy atom. The van der Waals surface area contributed by atoms with Gasteiger partial charge in [0.15, 0.2) is 0 Å². The second kappa shape index (κ2) is 6.21. The van der Waals surface area contributed by atoms with Crippen LogP contribution in [0.2, 0.25) is 5.02 Å². The Hall–Kier alpha value is -1.06. The predicted molar refractivity (Wildman–Crippen MR) is 71.5 cm³/mol. The molecule has 1 aromatic rings. The fourth-order valence-corrected chi connectivity index (χ4v) is 2.53. The monoisotopic (exact) mass is 267 g/mol. The smallest absolute Gasteiger partial charge is 0.309 e. The first-order valence-corrected chi connectivity index (χ1v) is 6.61. The minimum Gasteiger partial charge on any atom is -0.469 e. The molecule has 0 aromatic heterocycles. The minimum absolute atomic E-state index is 0.0241. The lowest BCUT2D eigenvalue weighted by Gasteiger charge is -2.31. The van der Waals surface area contributed by atoms with Gasteiger partial charge < -0.3 is 4.74 Å². The van der Waals surface area contributed by atoms with Gasteiger partial charge in [-0.2, -0.15) is 0 Å². The summed E-state index contributed by atoms with van der Waals surface area (Å²) < 4.78 is 4.82. The van der Waals surface area contributed by atoms with Crippen LogP contribution in [0.15, 0.2) is 24.3 Å². The summed E-state index contributed by atoms with van der Waals surface area (Å²) in [6, 6.07) is 7.87. The van der Waals surface area contributed by atoms with E-state index in [0.29, 0.717) is 0 Å². The second-order valence-corrected chi connectivity index (χ2v) is 5.16. The highest BCUT2D eigenvalue weighted by atomic mass is 35.5. The molecule has 1 aliphatic heterocycles. The zero-order valence-corrected chi connectivity index (χ0v) is 11.3. The summed E-state index contributed by atoms with van der Waals surface area (Å²) in [5.74, 6) is -0.0631. The lowest BCUT2D eigenvalue weighted by atomic mass is 9.98. The van der Waals surface area contributed by atoms with E-state index in [4.69, 9.17) is 16.3 Å². The number of rotatable bonds is 3. The van der Waals surface area contributed by atoms with Crippen molar-refractivity contribution in [1.29, 1.82) is 0 Å². The van der Waals surface area contributed by atoms with Crippen LogP contribution in [0.4, 0.5) is 0 Å². The standard InChI is InChI=1S/C14H18ClNO2/c1-18-14(17)12-3-2-8-16(10-12)9-11-4-6-13(15)7-5-11/h4-7,12H,2-3,8-10H2,1H3. The minimum atomic E-state index is -0.0872. The number of halogens is 1. The molecule has 1 heterocycles. The van der Waals surface area contributed by atoms with Crippen LogP contribution < -0.4 is 0 Å². The van der Waals surface area contributed by atoms with Crippen molar-refractivity contribution in [2.45, 2.75) is 19.4 Å². The van der Waals surface area contributed by atoms with Crippen LogP contribution in [0.1, 0.15) is 18.4 Å². The molecule has 0 amide bonds. The van der Waals surface area contributed by atoms with E-state index in [-0.39, 0.29) is 11.9 Å². The summed E-state index contributed by atoms with van der Waals surface area (Å²) in [7, 11) is 1.46. The molecule has 2 rings (SSSR count). The molecule has 0 bridgehead atoms. The third-order valence-electron chi connectivity index (χ3n) is 3.36. The Balaban J connectivity index is 1.93. The van der Waals surface area contributed by atoms with Crippen LogP contribution >= 0.6 is 11.6 Å². The van der Waals surface area contributed by atoms with Crippen molar-refractivity contribution in [3.8, 4) is 0 Å². The molecule has 1 fully saturated rings. The molecule has 4 heteroatoms. The van der Waals surface area contributed by atoms with Gasteiger partial charge in [-0.1, -0.05) is 23.7 Å². The van der Waals surface area contributed by atoms with Crippen molar-refractivity contribution in [3.05, 3.63) is 34.9 Å². The quantitative estimate of drug-likeness (QED) is 0.789. The number of hydrogen-bond acceptors (Lipinski definition) is 3. The Bertz CT molecular complexity index is 405. The van der Waals surface area contributed by atoms with E-state index in [2.05, 4.69) is 4.90 Å². The summed E-state index contributed by atoms with van der Waals surface area (Å²) in [4.78, 5) is 13.8. The van der Waals surface area contributed by atoms with Crippen LogP contribution in [0, 0.1) is 5.92 Å². The number of likely N-dealkylation sites (tertiary alicyclic amines) is 1. The van der Waals surface area contributed by atoms with E-state index in [0.717, 1.165) is 37.5 Å². The van der Waals surface area contributed by atoms with Crippen molar-refractivity contribution in [2.24, 2.45) is 5.92 Å². The molecular formula is C14H18ClNO2. The van der Waals surface area contributed by atoms with Crippen LogP contribution in [0.3, 0.4) is 0 Å². The molecule has 3 nitrogen and oxygen atoms in total. The van der Waals surface area contributed by atoms with E-state index in [9.17, 15) is 4.79 Å². The Kier molecular flexibility index (Phi) is 4.61. The number of benzene rings is 1. The van der Waals surface area contributed by atoms with Gasteiger partial charge in [-0.25, -0.2) is 0 Å². The van der Waals surface area contributed by atoms with E-state index in [1.165, 1.54) is 12.7 Å². The molecule has 1 saturated heterocycles. The van der Waals surface area contributed by atoms with Gasteiger partial charge in [0.05, 0.1) is 13.0 Å². The van der Waals surface area contributed by atoms with E-state index < -0.39 is 0 Å². The molecule has 1 atom stereocenters. The molecular weight excluding hydrogens is 250 g/mol. The van der Waals surface area contributed by atoms with E-state index >= 15 is 0 Å². The number of hydrogen-bond donors (Lipinski definition) is 0. The summed E-state index contributed by atoms with van der Waals surface area (Å²) in [5.41, 5.74) is 1.23. The highest BCUT2D eigenvalue weighted by Crippen LogP contribution is 2.20. The third kappa shape index (κ3) is 3.47. The highest BCUT2D eigenvalue weighted by molar-refractivity contribution is 6.30. The molecule has 1 unspecified atom stereocenters. The van der Waals surface area contributed by atoms with Crippen molar-refractivity contribution in [1.82, 2.24) is 4.90 Å². The van der Waals surface area contributed by atoms with Gasteiger partial charge in [0.2, 0.25) is 0 Å². The van der Waals surface area contributed by atoms with Gasteiger partial charge in [0.25, 0.3) is 0 Å². The van der Waals surface area contributed by atoms with Crippen LogP contribution in [-0.4, -0.2) is 31.1 Å². The lowest BCUT2D eigenvalue weighted by molar-refractivity contribution is -0.147. The van der Waals surface area contributed by atoms with Crippen molar-refractivity contribution in [2.75, 3.05) is 20.2 Å². The van der Waals surface area contributed by atoms with E-state index in [1.807, 2.05) is 24.3 Å². The number of carbonyl (C=O) groups is 1. The van der Waals surface area contributed by atoms with Gasteiger partial charge in [-0.15, -0.1) is 0 Å². The maximum absolute atomic E-state index is 11.5. The predicted octanol–water partition coefficient (Wildman–Crippen LogP) is 2.73. The first kappa shape index (κ1) is 13.4. The molecule has 98 valence electrons. The number of ether oxygens (including phenoxy) is 1. The molecule has 0 spiro atoms. The SMILES string of the molecule is COC(=O)C1CCCN(Cc2ccc(Cl)cc2)C1. The fourth-order valence-electron chi connectivity index (χ4n) is 2.41. The number of esters is 1. The van der Waals surface area contributed by atoms with Crippen LogP contribution in [0.25, 0.3) is 0 Å². The molecule has 1 aromatic carbocycles. The number of nitrogens with zero attached hydrogens (tertiary/aromatic N) is 1. The number of carbonyl (C=O) groups excluding carboxylic acids is 1. The molecule has 18 heavy (non-hydrogen) atoms. The van der Waals surface area contributed by atoms with Crippen molar-refractivity contribution < 1.29 is 9.53 Å². The van der Waals surface area contributed by atoms with Crippen LogP contribution in [-0.2, 0) is 16.1 Å². The van der Waals surface area contributed by atoms with Crippen molar-refractivity contribution >= 4 is 17.6 Å². The fraction of sp³-hybridized carbons (Fsp3) is 0.500. The highest BCUT2D eigenvalue weighted by Gasteiger charge is 2.26. The topological polar surface area (TPSA) is 29.5 Å². The van der Waals surface area contributed by atoms with Gasteiger partial charge in [0, 0.05) is 18.1 Å². The van der Waals surface area contributed by atoms with E-state index in [1.54, 1.807) is 0 Å². The average molecular weight is 268 g/mol. The normalized spacial score (nSPS) is 20.7. The van der Waals surface area contributed by atoms with Gasteiger partial charge in [-0.05, 0) is 37.1 Å². The molecule has 1 aliphatic rings.